The van der Waals surface area contributed by atoms with Crippen molar-refractivity contribution in [1.82, 2.24) is 10.2 Å². The summed E-state index contributed by atoms with van der Waals surface area (Å²) < 4.78 is 47.4. The van der Waals surface area contributed by atoms with Crippen LogP contribution in [0.2, 0.25) is 0 Å². The SMILES string of the molecule is COc1ccc(CNC(=O)CCC2CCCN(CCCC(F)(F)F)C2)c(OC)c1. The molecule has 164 valence electrons. The summed E-state index contributed by atoms with van der Waals surface area (Å²) in [6.07, 6.45) is -1.51. The molecule has 8 heteroatoms. The molecule has 0 aromatic heterocycles. The Balaban J connectivity index is 1.70. The number of ether oxygens (including phenoxy) is 2. The average molecular weight is 416 g/mol. The van der Waals surface area contributed by atoms with Crippen LogP contribution in [-0.4, -0.2) is 50.8 Å². The molecule has 0 aliphatic carbocycles. The van der Waals surface area contributed by atoms with Crippen molar-refractivity contribution in [1.29, 1.82) is 0 Å². The number of hydrogen-bond acceptors (Lipinski definition) is 4. The number of nitrogens with zero attached hydrogens (tertiary/aromatic N) is 1. The van der Waals surface area contributed by atoms with Gasteiger partial charge in [0.2, 0.25) is 5.91 Å². The van der Waals surface area contributed by atoms with Gasteiger partial charge >= 0.3 is 6.18 Å². The predicted octanol–water partition coefficient (Wildman–Crippen LogP) is 4.15. The summed E-state index contributed by atoms with van der Waals surface area (Å²) in [7, 11) is 3.16. The minimum absolute atomic E-state index is 0.0305. The van der Waals surface area contributed by atoms with Crippen LogP contribution in [0.5, 0.6) is 11.5 Å². The van der Waals surface area contributed by atoms with Crippen LogP contribution in [0.15, 0.2) is 18.2 Å². The first kappa shape index (κ1) is 23.3. The van der Waals surface area contributed by atoms with Crippen LogP contribution in [0.4, 0.5) is 13.2 Å². The molecule has 0 bridgehead atoms. The van der Waals surface area contributed by atoms with Gasteiger partial charge in [0.25, 0.3) is 0 Å². The number of carbonyl (C=O) groups excluding carboxylic acids is 1. The summed E-state index contributed by atoms with van der Waals surface area (Å²) in [5, 5.41) is 2.91. The molecule has 1 amide bonds. The van der Waals surface area contributed by atoms with Gasteiger partial charge in [-0.2, -0.15) is 13.2 Å². The second-order valence-electron chi connectivity index (χ2n) is 7.52. The molecule has 0 spiro atoms. The van der Waals surface area contributed by atoms with Crippen molar-refractivity contribution in [2.24, 2.45) is 5.92 Å². The van der Waals surface area contributed by atoms with Crippen LogP contribution in [0, 0.1) is 5.92 Å². The van der Waals surface area contributed by atoms with Crippen LogP contribution in [0.3, 0.4) is 0 Å². The maximum Gasteiger partial charge on any atom is 0.389 e. The van der Waals surface area contributed by atoms with Gasteiger partial charge in [-0.3, -0.25) is 4.79 Å². The number of piperidine rings is 1. The Morgan fingerprint density at radius 2 is 2.07 bits per heavy atom. The summed E-state index contributed by atoms with van der Waals surface area (Å²) in [6, 6.07) is 5.45. The summed E-state index contributed by atoms with van der Waals surface area (Å²) in [5.41, 5.74) is 0.871. The normalized spacial score (nSPS) is 17.8. The highest BCUT2D eigenvalue weighted by Gasteiger charge is 2.27. The minimum Gasteiger partial charge on any atom is -0.497 e. The topological polar surface area (TPSA) is 50.8 Å². The number of likely N-dealkylation sites (tertiary alicyclic amines) is 1. The van der Waals surface area contributed by atoms with Gasteiger partial charge in [-0.25, -0.2) is 0 Å². The highest BCUT2D eigenvalue weighted by Crippen LogP contribution is 2.26. The molecule has 29 heavy (non-hydrogen) atoms. The highest BCUT2D eigenvalue weighted by molar-refractivity contribution is 5.75. The molecule has 5 nitrogen and oxygen atoms in total. The third-order valence-electron chi connectivity index (χ3n) is 5.29. The first-order chi connectivity index (χ1) is 13.8. The molecule has 1 aliphatic rings. The van der Waals surface area contributed by atoms with Gasteiger partial charge in [0.05, 0.1) is 14.2 Å². The Hall–Kier alpha value is -1.96. The number of carbonyl (C=O) groups is 1. The van der Waals surface area contributed by atoms with E-state index in [0.29, 0.717) is 36.9 Å². The number of hydrogen-bond donors (Lipinski definition) is 1. The van der Waals surface area contributed by atoms with Crippen molar-refractivity contribution in [3.8, 4) is 11.5 Å². The fourth-order valence-electron chi connectivity index (χ4n) is 3.71. The molecule has 1 unspecified atom stereocenters. The second kappa shape index (κ2) is 11.3. The third-order valence-corrected chi connectivity index (χ3v) is 5.29. The van der Waals surface area contributed by atoms with E-state index in [4.69, 9.17) is 9.47 Å². The Bertz CT molecular complexity index is 653. The van der Waals surface area contributed by atoms with Crippen molar-refractivity contribution in [2.75, 3.05) is 33.9 Å². The number of rotatable bonds is 10. The smallest absolute Gasteiger partial charge is 0.389 e. The molecule has 0 saturated carbocycles. The van der Waals surface area contributed by atoms with Gasteiger partial charge in [-0.15, -0.1) is 0 Å². The van der Waals surface area contributed by atoms with E-state index in [2.05, 4.69) is 10.2 Å². The number of benzene rings is 1. The lowest BCUT2D eigenvalue weighted by atomic mass is 9.93. The lowest BCUT2D eigenvalue weighted by Crippen LogP contribution is -2.37. The van der Waals surface area contributed by atoms with Crippen LogP contribution in [0.25, 0.3) is 0 Å². The summed E-state index contributed by atoms with van der Waals surface area (Å²) in [6.45, 7) is 2.47. The lowest BCUT2D eigenvalue weighted by molar-refractivity contribution is -0.136. The quantitative estimate of drug-likeness (QED) is 0.623. The summed E-state index contributed by atoms with van der Waals surface area (Å²) in [4.78, 5) is 14.3. The van der Waals surface area contributed by atoms with E-state index in [1.54, 1.807) is 20.3 Å². The fourth-order valence-corrected chi connectivity index (χ4v) is 3.71. The summed E-state index contributed by atoms with van der Waals surface area (Å²) >= 11 is 0. The number of amides is 1. The summed E-state index contributed by atoms with van der Waals surface area (Å²) in [5.74, 6) is 1.67. The Labute approximate surface area is 170 Å². The first-order valence-corrected chi connectivity index (χ1v) is 10.1. The highest BCUT2D eigenvalue weighted by atomic mass is 19.4. The Morgan fingerprint density at radius 1 is 1.28 bits per heavy atom. The van der Waals surface area contributed by atoms with Crippen molar-refractivity contribution >= 4 is 5.91 Å². The molecule has 1 heterocycles. The second-order valence-corrected chi connectivity index (χ2v) is 7.52. The number of methoxy groups -OCH3 is 2. The van der Waals surface area contributed by atoms with E-state index in [1.807, 2.05) is 12.1 Å². The van der Waals surface area contributed by atoms with Crippen molar-refractivity contribution < 1.29 is 27.4 Å². The maximum atomic E-state index is 12.3. The molecule has 1 atom stereocenters. The molecule has 2 rings (SSSR count). The van der Waals surface area contributed by atoms with Gasteiger partial charge in [-0.1, -0.05) is 0 Å². The van der Waals surface area contributed by atoms with E-state index >= 15 is 0 Å². The van der Waals surface area contributed by atoms with Gasteiger partial charge in [0, 0.05) is 37.6 Å². The zero-order valence-corrected chi connectivity index (χ0v) is 17.2. The van der Waals surface area contributed by atoms with Crippen LogP contribution >= 0.6 is 0 Å². The molecular weight excluding hydrogens is 385 g/mol. The van der Waals surface area contributed by atoms with Gasteiger partial charge in [0.1, 0.15) is 11.5 Å². The van der Waals surface area contributed by atoms with Gasteiger partial charge in [0.15, 0.2) is 0 Å². The molecule has 1 aliphatic heterocycles. The van der Waals surface area contributed by atoms with Gasteiger partial charge in [-0.05, 0) is 56.8 Å². The fraction of sp³-hybridized carbons (Fsp3) is 0.667. The number of halogens is 3. The standard InChI is InChI=1S/C21H31F3N2O3/c1-28-18-8-7-17(19(13-18)29-2)14-25-20(27)9-6-16-5-3-11-26(15-16)12-4-10-21(22,23)24/h7-8,13,16H,3-6,9-12,14-15H2,1-2H3,(H,25,27). The number of nitrogens with one attached hydrogen (secondary N) is 1. The third kappa shape index (κ3) is 8.51. The van der Waals surface area contributed by atoms with E-state index in [1.165, 1.54) is 0 Å². The molecule has 1 N–H and O–H groups in total. The molecule has 1 fully saturated rings. The minimum atomic E-state index is -4.08. The number of alkyl halides is 3. The van der Waals surface area contributed by atoms with E-state index < -0.39 is 12.6 Å². The molecule has 1 aromatic rings. The van der Waals surface area contributed by atoms with E-state index in [9.17, 15) is 18.0 Å². The zero-order chi connectivity index (χ0) is 21.3. The molecule has 1 saturated heterocycles. The molecule has 1 aromatic carbocycles. The van der Waals surface area contributed by atoms with E-state index in [0.717, 1.165) is 37.9 Å². The Morgan fingerprint density at radius 3 is 2.76 bits per heavy atom. The maximum absolute atomic E-state index is 12.3. The monoisotopic (exact) mass is 416 g/mol. The average Bonchev–Trinajstić information content (AvgIpc) is 2.70. The first-order valence-electron chi connectivity index (χ1n) is 10.1. The van der Waals surface area contributed by atoms with E-state index in [-0.39, 0.29) is 12.3 Å². The van der Waals surface area contributed by atoms with Crippen molar-refractivity contribution in [3.05, 3.63) is 23.8 Å². The predicted molar refractivity (Wildman–Crippen MR) is 105 cm³/mol. The molecular formula is C21H31F3N2O3. The van der Waals surface area contributed by atoms with Crippen molar-refractivity contribution in [3.63, 3.8) is 0 Å². The van der Waals surface area contributed by atoms with Gasteiger partial charge < -0.3 is 19.7 Å². The van der Waals surface area contributed by atoms with Crippen LogP contribution in [0.1, 0.15) is 44.1 Å². The van der Waals surface area contributed by atoms with Crippen LogP contribution < -0.4 is 14.8 Å². The zero-order valence-electron chi connectivity index (χ0n) is 17.2. The van der Waals surface area contributed by atoms with Crippen LogP contribution in [-0.2, 0) is 11.3 Å². The molecule has 0 radical (unpaired) electrons. The lowest BCUT2D eigenvalue weighted by Gasteiger charge is -2.32. The largest absolute Gasteiger partial charge is 0.497 e. The van der Waals surface area contributed by atoms with Crippen molar-refractivity contribution in [2.45, 2.75) is 51.2 Å². The Kier molecular flexibility index (Phi) is 9.07.